The molecule has 3 N–H and O–H groups in total. The first-order valence-electron chi connectivity index (χ1n) is 6.60. The maximum absolute atomic E-state index is 13.1. The minimum Gasteiger partial charge on any atom is -0.493 e. The molecule has 1 aromatic rings. The predicted molar refractivity (Wildman–Crippen MR) is 87.0 cm³/mol. The van der Waals surface area contributed by atoms with Crippen molar-refractivity contribution in [2.45, 2.75) is 12.3 Å². The Bertz CT molecular complexity index is 554. The van der Waals surface area contributed by atoms with Crippen LogP contribution >= 0.6 is 12.4 Å². The van der Waals surface area contributed by atoms with Gasteiger partial charge in [-0.25, -0.2) is 8.78 Å². The standard InChI is InChI=1S/C15H20F2N2O3.ClH/c1-4-5-10-6-11(7-12(21-2)13(10)22-3)14(20)19-9-15(16,17)8-18;/h4,6-7H,1,5,8-9,18H2,2-3H3,(H,19,20);1H. The average Bonchev–Trinajstić information content (AvgIpc) is 2.52. The lowest BCUT2D eigenvalue weighted by Gasteiger charge is -2.16. The van der Waals surface area contributed by atoms with Gasteiger partial charge in [-0.05, 0) is 18.6 Å². The molecule has 0 saturated carbocycles. The molecular weight excluding hydrogens is 330 g/mol. The van der Waals surface area contributed by atoms with Gasteiger partial charge in [0.15, 0.2) is 11.5 Å². The van der Waals surface area contributed by atoms with Crippen LogP contribution in [0.15, 0.2) is 24.8 Å². The van der Waals surface area contributed by atoms with Crippen LogP contribution in [0.4, 0.5) is 8.78 Å². The summed E-state index contributed by atoms with van der Waals surface area (Å²) in [5.74, 6) is -2.96. The van der Waals surface area contributed by atoms with Crippen LogP contribution in [0.25, 0.3) is 0 Å². The van der Waals surface area contributed by atoms with Crippen LogP contribution in [0.1, 0.15) is 15.9 Å². The van der Waals surface area contributed by atoms with Gasteiger partial charge in [-0.1, -0.05) is 6.08 Å². The molecule has 0 atom stereocenters. The molecule has 0 aliphatic carbocycles. The molecule has 8 heteroatoms. The summed E-state index contributed by atoms with van der Waals surface area (Å²) in [7, 11) is 2.91. The minimum absolute atomic E-state index is 0. The van der Waals surface area contributed by atoms with Crippen molar-refractivity contribution in [3.63, 3.8) is 0 Å². The van der Waals surface area contributed by atoms with Crippen molar-refractivity contribution in [3.8, 4) is 11.5 Å². The number of ether oxygens (including phenoxy) is 2. The van der Waals surface area contributed by atoms with Gasteiger partial charge in [0.05, 0.1) is 27.3 Å². The third-order valence-corrected chi connectivity index (χ3v) is 2.99. The molecule has 0 aliphatic rings. The SMILES string of the molecule is C=CCc1cc(C(=O)NCC(F)(F)CN)cc(OC)c1OC.Cl. The first-order valence-corrected chi connectivity index (χ1v) is 6.60. The highest BCUT2D eigenvalue weighted by Gasteiger charge is 2.27. The van der Waals surface area contributed by atoms with Gasteiger partial charge in [0.2, 0.25) is 0 Å². The van der Waals surface area contributed by atoms with Crippen molar-refractivity contribution in [1.29, 1.82) is 0 Å². The molecule has 5 nitrogen and oxygen atoms in total. The van der Waals surface area contributed by atoms with E-state index in [9.17, 15) is 13.6 Å². The van der Waals surface area contributed by atoms with Crippen molar-refractivity contribution in [3.05, 3.63) is 35.9 Å². The van der Waals surface area contributed by atoms with Crippen molar-refractivity contribution < 1.29 is 23.0 Å². The summed E-state index contributed by atoms with van der Waals surface area (Å²) in [4.78, 5) is 12.0. The van der Waals surface area contributed by atoms with Crippen LogP contribution in [-0.2, 0) is 6.42 Å². The summed E-state index contributed by atoms with van der Waals surface area (Å²) >= 11 is 0. The summed E-state index contributed by atoms with van der Waals surface area (Å²) in [6.07, 6.45) is 2.08. The molecule has 0 unspecified atom stereocenters. The second-order valence-electron chi connectivity index (χ2n) is 4.61. The quantitative estimate of drug-likeness (QED) is 0.705. The molecule has 0 aliphatic heterocycles. The molecule has 0 heterocycles. The molecular formula is C15H21ClF2N2O3. The number of nitrogens with two attached hydrogens (primary N) is 1. The molecule has 1 aromatic carbocycles. The Morgan fingerprint density at radius 1 is 1.39 bits per heavy atom. The van der Waals surface area contributed by atoms with E-state index in [2.05, 4.69) is 11.9 Å². The number of benzene rings is 1. The van der Waals surface area contributed by atoms with Gasteiger partial charge < -0.3 is 20.5 Å². The fraction of sp³-hybridized carbons (Fsp3) is 0.400. The van der Waals surface area contributed by atoms with Gasteiger partial charge in [0.1, 0.15) is 0 Å². The van der Waals surface area contributed by atoms with E-state index in [-0.39, 0.29) is 18.0 Å². The van der Waals surface area contributed by atoms with E-state index in [0.29, 0.717) is 23.5 Å². The predicted octanol–water partition coefficient (Wildman–Crippen LogP) is 2.18. The molecule has 0 aromatic heterocycles. The lowest BCUT2D eigenvalue weighted by molar-refractivity contribution is 0.0118. The number of methoxy groups -OCH3 is 2. The van der Waals surface area contributed by atoms with E-state index in [1.54, 1.807) is 12.1 Å². The fourth-order valence-electron chi connectivity index (χ4n) is 1.87. The summed E-state index contributed by atoms with van der Waals surface area (Å²) in [6, 6.07) is 2.99. The Hall–Kier alpha value is -1.86. The van der Waals surface area contributed by atoms with Crippen LogP contribution in [0.2, 0.25) is 0 Å². The molecule has 1 amide bonds. The van der Waals surface area contributed by atoms with Crippen LogP contribution in [0.3, 0.4) is 0 Å². The summed E-state index contributed by atoms with van der Waals surface area (Å²) < 4.78 is 36.6. The Kier molecular flexibility index (Phi) is 8.56. The first kappa shape index (κ1) is 21.1. The average molecular weight is 351 g/mol. The number of nitrogens with one attached hydrogen (secondary N) is 1. The molecule has 130 valence electrons. The van der Waals surface area contributed by atoms with Crippen molar-refractivity contribution in [2.24, 2.45) is 5.73 Å². The van der Waals surface area contributed by atoms with Gasteiger partial charge in [-0.15, -0.1) is 19.0 Å². The zero-order valence-electron chi connectivity index (χ0n) is 13.0. The number of amides is 1. The molecule has 0 radical (unpaired) electrons. The van der Waals surface area contributed by atoms with E-state index in [4.69, 9.17) is 15.2 Å². The topological polar surface area (TPSA) is 73.6 Å². The van der Waals surface area contributed by atoms with Crippen LogP contribution in [0.5, 0.6) is 11.5 Å². The van der Waals surface area contributed by atoms with Gasteiger partial charge in [-0.2, -0.15) is 0 Å². The van der Waals surface area contributed by atoms with Crippen molar-refractivity contribution in [2.75, 3.05) is 27.3 Å². The Morgan fingerprint density at radius 2 is 2.04 bits per heavy atom. The molecule has 23 heavy (non-hydrogen) atoms. The van der Waals surface area contributed by atoms with Gasteiger partial charge in [-0.3, -0.25) is 4.79 Å². The number of halogens is 3. The lowest BCUT2D eigenvalue weighted by Crippen LogP contribution is -2.41. The maximum atomic E-state index is 13.1. The minimum atomic E-state index is -3.14. The smallest absolute Gasteiger partial charge is 0.277 e. The highest BCUT2D eigenvalue weighted by Crippen LogP contribution is 2.33. The monoisotopic (exact) mass is 350 g/mol. The van der Waals surface area contributed by atoms with Crippen LogP contribution in [0, 0.1) is 0 Å². The number of allylic oxidation sites excluding steroid dienone is 1. The van der Waals surface area contributed by atoms with Crippen LogP contribution < -0.4 is 20.5 Å². The highest BCUT2D eigenvalue weighted by atomic mass is 35.5. The Labute approximate surface area is 140 Å². The number of carbonyl (C=O) groups is 1. The Morgan fingerprint density at radius 3 is 2.52 bits per heavy atom. The van der Waals surface area contributed by atoms with E-state index >= 15 is 0 Å². The number of hydrogen-bond donors (Lipinski definition) is 2. The normalized spacial score (nSPS) is 10.5. The number of carbonyl (C=O) groups excluding carboxylic acids is 1. The fourth-order valence-corrected chi connectivity index (χ4v) is 1.87. The molecule has 1 rings (SSSR count). The molecule has 0 saturated heterocycles. The Balaban J connectivity index is 0.00000484. The maximum Gasteiger partial charge on any atom is 0.277 e. The van der Waals surface area contributed by atoms with E-state index in [1.807, 2.05) is 0 Å². The van der Waals surface area contributed by atoms with E-state index < -0.39 is 24.9 Å². The zero-order chi connectivity index (χ0) is 16.8. The number of alkyl halides is 2. The number of rotatable bonds is 8. The second kappa shape index (κ2) is 9.32. The highest BCUT2D eigenvalue weighted by molar-refractivity contribution is 5.95. The zero-order valence-corrected chi connectivity index (χ0v) is 13.8. The van der Waals surface area contributed by atoms with Crippen molar-refractivity contribution in [1.82, 2.24) is 5.32 Å². The third-order valence-electron chi connectivity index (χ3n) is 2.99. The van der Waals surface area contributed by atoms with E-state index in [0.717, 1.165) is 0 Å². The van der Waals surface area contributed by atoms with Crippen LogP contribution in [-0.4, -0.2) is 39.1 Å². The van der Waals surface area contributed by atoms with Crippen molar-refractivity contribution >= 4 is 18.3 Å². The van der Waals surface area contributed by atoms with Gasteiger partial charge >= 0.3 is 0 Å². The molecule has 0 fully saturated rings. The number of hydrogen-bond acceptors (Lipinski definition) is 4. The largest absolute Gasteiger partial charge is 0.493 e. The second-order valence-corrected chi connectivity index (χ2v) is 4.61. The molecule has 0 spiro atoms. The van der Waals surface area contributed by atoms with Gasteiger partial charge in [0.25, 0.3) is 11.8 Å². The summed E-state index contributed by atoms with van der Waals surface area (Å²) in [5, 5.41) is 2.16. The lowest BCUT2D eigenvalue weighted by atomic mass is 10.0. The van der Waals surface area contributed by atoms with E-state index in [1.165, 1.54) is 20.3 Å². The summed E-state index contributed by atoms with van der Waals surface area (Å²) in [6.45, 7) is 1.97. The molecule has 0 bridgehead atoms. The first-order chi connectivity index (χ1) is 10.4. The summed E-state index contributed by atoms with van der Waals surface area (Å²) in [5.41, 5.74) is 5.80. The third kappa shape index (κ3) is 5.69. The van der Waals surface area contributed by atoms with Gasteiger partial charge in [0, 0.05) is 11.1 Å².